The average molecular weight is 407 g/mol. The Morgan fingerprint density at radius 1 is 1.17 bits per heavy atom. The van der Waals surface area contributed by atoms with E-state index in [0.29, 0.717) is 23.9 Å². The van der Waals surface area contributed by atoms with Gasteiger partial charge in [-0.3, -0.25) is 9.59 Å². The lowest BCUT2D eigenvalue weighted by Crippen LogP contribution is -2.30. The highest BCUT2D eigenvalue weighted by molar-refractivity contribution is 9.10. The van der Waals surface area contributed by atoms with E-state index in [1.54, 1.807) is 6.07 Å². The Labute approximate surface area is 153 Å². The van der Waals surface area contributed by atoms with Gasteiger partial charge in [0.05, 0.1) is 4.88 Å². The monoisotopic (exact) mass is 406 g/mol. The van der Waals surface area contributed by atoms with Crippen molar-refractivity contribution < 1.29 is 9.59 Å². The van der Waals surface area contributed by atoms with Gasteiger partial charge < -0.3 is 10.6 Å². The van der Waals surface area contributed by atoms with Crippen LogP contribution in [0.4, 0.5) is 0 Å². The summed E-state index contributed by atoms with van der Waals surface area (Å²) in [4.78, 5) is 24.6. The molecule has 1 aliphatic carbocycles. The summed E-state index contributed by atoms with van der Waals surface area (Å²) >= 11 is 4.89. The van der Waals surface area contributed by atoms with Crippen molar-refractivity contribution in [2.24, 2.45) is 5.92 Å². The van der Waals surface area contributed by atoms with E-state index in [4.69, 9.17) is 0 Å². The molecule has 6 heteroatoms. The van der Waals surface area contributed by atoms with E-state index in [0.717, 1.165) is 17.3 Å². The highest BCUT2D eigenvalue weighted by Gasteiger charge is 2.43. The maximum atomic E-state index is 12.1. The standard InChI is InChI=1S/C18H19BrN2O2S/c19-13-5-1-4-12(10-13)14-11-15(14)17(22)20-7-3-8-21-18(23)16-6-2-9-24-16/h1-2,4-6,9-10,14-15H,3,7-8,11H2,(H,20,22)(H,21,23). The Hall–Kier alpha value is -1.66. The number of rotatable bonds is 7. The van der Waals surface area contributed by atoms with E-state index in [-0.39, 0.29) is 17.7 Å². The van der Waals surface area contributed by atoms with Gasteiger partial charge in [-0.2, -0.15) is 0 Å². The third-order valence-corrected chi connectivity index (χ3v) is 5.45. The quantitative estimate of drug-likeness (QED) is 0.690. The van der Waals surface area contributed by atoms with Gasteiger partial charge in [0, 0.05) is 23.5 Å². The first-order valence-corrected chi connectivity index (χ1v) is 9.67. The number of benzene rings is 1. The molecule has 0 spiro atoms. The molecule has 0 bridgehead atoms. The lowest BCUT2D eigenvalue weighted by atomic mass is 10.1. The van der Waals surface area contributed by atoms with Crippen molar-refractivity contribution in [3.05, 3.63) is 56.7 Å². The minimum Gasteiger partial charge on any atom is -0.356 e. The van der Waals surface area contributed by atoms with Crippen LogP contribution in [-0.2, 0) is 4.79 Å². The highest BCUT2D eigenvalue weighted by Crippen LogP contribution is 2.47. The van der Waals surface area contributed by atoms with Gasteiger partial charge >= 0.3 is 0 Å². The summed E-state index contributed by atoms with van der Waals surface area (Å²) in [6.07, 6.45) is 1.65. The van der Waals surface area contributed by atoms with Crippen molar-refractivity contribution in [3.8, 4) is 0 Å². The van der Waals surface area contributed by atoms with Gasteiger partial charge in [-0.25, -0.2) is 0 Å². The molecule has 2 amide bonds. The zero-order valence-corrected chi connectivity index (χ0v) is 15.5. The predicted molar refractivity (Wildman–Crippen MR) is 99.3 cm³/mol. The number of hydrogen-bond acceptors (Lipinski definition) is 3. The number of carbonyl (C=O) groups excluding carboxylic acids is 2. The Bertz CT molecular complexity index is 718. The zero-order valence-electron chi connectivity index (χ0n) is 13.1. The van der Waals surface area contributed by atoms with Crippen LogP contribution in [0.2, 0.25) is 0 Å². The summed E-state index contributed by atoms with van der Waals surface area (Å²) in [7, 11) is 0. The third-order valence-electron chi connectivity index (χ3n) is 4.09. The van der Waals surface area contributed by atoms with Crippen LogP contribution in [0.3, 0.4) is 0 Å². The summed E-state index contributed by atoms with van der Waals surface area (Å²) in [6.45, 7) is 1.15. The summed E-state index contributed by atoms with van der Waals surface area (Å²) in [6, 6.07) is 11.8. The normalized spacial score (nSPS) is 18.9. The van der Waals surface area contributed by atoms with Gasteiger partial charge in [-0.15, -0.1) is 11.3 Å². The van der Waals surface area contributed by atoms with Crippen molar-refractivity contribution in [3.63, 3.8) is 0 Å². The Balaban J connectivity index is 1.33. The first-order chi connectivity index (χ1) is 11.6. The molecule has 1 saturated carbocycles. The summed E-state index contributed by atoms with van der Waals surface area (Å²) in [5.41, 5.74) is 1.22. The van der Waals surface area contributed by atoms with E-state index in [1.165, 1.54) is 16.9 Å². The summed E-state index contributed by atoms with van der Waals surface area (Å²) in [5, 5.41) is 7.71. The van der Waals surface area contributed by atoms with Crippen LogP contribution in [0.15, 0.2) is 46.3 Å². The minimum absolute atomic E-state index is 0.0479. The number of thiophene rings is 1. The van der Waals surface area contributed by atoms with Gasteiger partial charge in [-0.1, -0.05) is 34.1 Å². The predicted octanol–water partition coefficient (Wildman–Crippen LogP) is 3.55. The lowest BCUT2D eigenvalue weighted by molar-refractivity contribution is -0.122. The van der Waals surface area contributed by atoms with Gasteiger partial charge in [0.2, 0.25) is 5.91 Å². The maximum absolute atomic E-state index is 12.1. The molecule has 2 aromatic rings. The average Bonchev–Trinajstić information content (AvgIpc) is 3.19. The topological polar surface area (TPSA) is 58.2 Å². The second-order valence-corrected chi connectivity index (χ2v) is 7.74. The smallest absolute Gasteiger partial charge is 0.261 e. The SMILES string of the molecule is O=C(NCCCNC(=O)C1CC1c1cccc(Br)c1)c1cccs1. The minimum atomic E-state index is -0.0479. The molecule has 2 N–H and O–H groups in total. The van der Waals surface area contributed by atoms with Crippen LogP contribution in [-0.4, -0.2) is 24.9 Å². The Kier molecular flexibility index (Phi) is 5.68. The lowest BCUT2D eigenvalue weighted by Gasteiger charge is -2.06. The molecule has 24 heavy (non-hydrogen) atoms. The van der Waals surface area contributed by atoms with Crippen molar-refractivity contribution in [1.29, 1.82) is 0 Å². The number of hydrogen-bond donors (Lipinski definition) is 2. The van der Waals surface area contributed by atoms with E-state index >= 15 is 0 Å². The molecule has 1 aliphatic rings. The van der Waals surface area contributed by atoms with Crippen LogP contribution in [0.25, 0.3) is 0 Å². The van der Waals surface area contributed by atoms with E-state index in [2.05, 4.69) is 38.7 Å². The van der Waals surface area contributed by atoms with Gasteiger partial charge in [-0.05, 0) is 47.9 Å². The van der Waals surface area contributed by atoms with Crippen LogP contribution >= 0.6 is 27.3 Å². The van der Waals surface area contributed by atoms with Crippen LogP contribution in [0.1, 0.15) is 34.0 Å². The van der Waals surface area contributed by atoms with Crippen LogP contribution in [0, 0.1) is 5.92 Å². The molecule has 3 rings (SSSR count). The van der Waals surface area contributed by atoms with Gasteiger partial charge in [0.1, 0.15) is 0 Å². The zero-order chi connectivity index (χ0) is 16.9. The van der Waals surface area contributed by atoms with Crippen molar-refractivity contribution in [2.75, 3.05) is 13.1 Å². The number of nitrogens with one attached hydrogen (secondary N) is 2. The molecule has 1 aromatic heterocycles. The maximum Gasteiger partial charge on any atom is 0.261 e. The fourth-order valence-corrected chi connectivity index (χ4v) is 3.78. The van der Waals surface area contributed by atoms with Crippen LogP contribution < -0.4 is 10.6 Å². The number of amides is 2. The molecular formula is C18H19BrN2O2S. The Morgan fingerprint density at radius 3 is 2.75 bits per heavy atom. The van der Waals surface area contributed by atoms with Gasteiger partial charge in [0.25, 0.3) is 5.91 Å². The largest absolute Gasteiger partial charge is 0.356 e. The molecule has 4 nitrogen and oxygen atoms in total. The highest BCUT2D eigenvalue weighted by atomic mass is 79.9. The first kappa shape index (κ1) is 17.2. The van der Waals surface area contributed by atoms with E-state index in [1.807, 2.05) is 23.6 Å². The van der Waals surface area contributed by atoms with Crippen molar-refractivity contribution in [2.45, 2.75) is 18.8 Å². The molecule has 126 valence electrons. The van der Waals surface area contributed by atoms with Crippen LogP contribution in [0.5, 0.6) is 0 Å². The molecule has 2 atom stereocenters. The molecule has 1 heterocycles. The first-order valence-electron chi connectivity index (χ1n) is 8.00. The molecule has 1 aromatic carbocycles. The fourth-order valence-electron chi connectivity index (χ4n) is 2.72. The van der Waals surface area contributed by atoms with Gasteiger partial charge in [0.15, 0.2) is 0 Å². The molecule has 0 aliphatic heterocycles. The molecule has 1 fully saturated rings. The second-order valence-electron chi connectivity index (χ2n) is 5.88. The second kappa shape index (κ2) is 7.94. The number of carbonyl (C=O) groups is 2. The van der Waals surface area contributed by atoms with E-state index in [9.17, 15) is 9.59 Å². The fraction of sp³-hybridized carbons (Fsp3) is 0.333. The summed E-state index contributed by atoms with van der Waals surface area (Å²) < 4.78 is 1.05. The molecular weight excluding hydrogens is 388 g/mol. The molecule has 0 radical (unpaired) electrons. The summed E-state index contributed by atoms with van der Waals surface area (Å²) in [5.74, 6) is 0.485. The number of halogens is 1. The molecule has 2 unspecified atom stereocenters. The third kappa shape index (κ3) is 4.45. The molecule has 0 saturated heterocycles. The van der Waals surface area contributed by atoms with E-state index < -0.39 is 0 Å². The van der Waals surface area contributed by atoms with Crippen molar-refractivity contribution >= 4 is 39.1 Å². The van der Waals surface area contributed by atoms with Crippen molar-refractivity contribution in [1.82, 2.24) is 10.6 Å². The Morgan fingerprint density at radius 2 is 2.00 bits per heavy atom.